The number of benzene rings is 3. The Morgan fingerprint density at radius 3 is 2.22 bits per heavy atom. The van der Waals surface area contributed by atoms with Crippen LogP contribution in [-0.4, -0.2) is 31.4 Å². The summed E-state index contributed by atoms with van der Waals surface area (Å²) >= 11 is 0. The molecule has 3 aromatic carbocycles. The number of fused-ring (bicyclic) bond motifs is 4. The van der Waals surface area contributed by atoms with Gasteiger partial charge in [0.25, 0.3) is 0 Å². The van der Waals surface area contributed by atoms with E-state index >= 15 is 0 Å². The van der Waals surface area contributed by atoms with E-state index in [1.807, 2.05) is 48.5 Å². The Balaban J connectivity index is 1.13. The summed E-state index contributed by atoms with van der Waals surface area (Å²) in [5.41, 5.74) is 6.97. The van der Waals surface area contributed by atoms with Gasteiger partial charge in [-0.2, -0.15) is 0 Å². The normalized spacial score (nSPS) is 24.4. The van der Waals surface area contributed by atoms with Crippen LogP contribution < -0.4 is 4.90 Å². The molecule has 7 rings (SSSR count). The van der Waals surface area contributed by atoms with E-state index in [1.54, 1.807) is 12.1 Å². The third-order valence-electron chi connectivity index (χ3n) is 8.62. The number of carbonyl (C=O) groups excluding carboxylic acids is 2. The molecular formula is C33H29NO3. The number of ether oxygens (including phenoxy) is 1. The van der Waals surface area contributed by atoms with Crippen molar-refractivity contribution in [3.05, 3.63) is 113 Å². The Morgan fingerprint density at radius 2 is 1.46 bits per heavy atom. The molecule has 0 radical (unpaired) electrons. The number of nitrogens with zero attached hydrogens (tertiary/aromatic N) is 1. The maximum Gasteiger partial charge on any atom is 0.338 e. The number of rotatable bonds is 5. The molecule has 0 fully saturated rings. The lowest BCUT2D eigenvalue weighted by Crippen LogP contribution is -2.44. The summed E-state index contributed by atoms with van der Waals surface area (Å²) in [5, 5.41) is 0. The van der Waals surface area contributed by atoms with Crippen LogP contribution in [-0.2, 0) is 4.74 Å². The number of hydrogen-bond donors (Lipinski definition) is 0. The molecule has 0 unspecified atom stereocenters. The van der Waals surface area contributed by atoms with Crippen molar-refractivity contribution in [3.8, 4) is 11.1 Å². The lowest BCUT2D eigenvalue weighted by atomic mass is 9.73. The number of allylic oxidation sites excluding steroid dienone is 4. The minimum absolute atomic E-state index is 0.196. The quantitative estimate of drug-likeness (QED) is 0.233. The molecule has 4 atom stereocenters. The molecule has 4 aliphatic rings. The van der Waals surface area contributed by atoms with Gasteiger partial charge in [-0.3, -0.25) is 4.79 Å². The minimum Gasteiger partial charge on any atom is -0.454 e. The summed E-state index contributed by atoms with van der Waals surface area (Å²) in [6, 6.07) is 21.6. The third kappa shape index (κ3) is 3.74. The summed E-state index contributed by atoms with van der Waals surface area (Å²) in [4.78, 5) is 28.8. The van der Waals surface area contributed by atoms with Gasteiger partial charge in [0.05, 0.1) is 5.56 Å². The van der Waals surface area contributed by atoms with Crippen molar-refractivity contribution in [1.29, 1.82) is 0 Å². The van der Waals surface area contributed by atoms with Crippen molar-refractivity contribution >= 4 is 17.4 Å². The van der Waals surface area contributed by atoms with E-state index in [9.17, 15) is 9.59 Å². The highest BCUT2D eigenvalue weighted by atomic mass is 16.5. The van der Waals surface area contributed by atoms with Crippen molar-refractivity contribution in [2.24, 2.45) is 11.8 Å². The molecule has 0 spiro atoms. The maximum atomic E-state index is 13.4. The first kappa shape index (κ1) is 22.3. The van der Waals surface area contributed by atoms with E-state index in [2.05, 4.69) is 35.3 Å². The number of Topliss-reactive ketones (excluding diaryl/α,β-unsaturated/α-hetero) is 1. The monoisotopic (exact) mass is 487 g/mol. The lowest BCUT2D eigenvalue weighted by molar-refractivity contribution is 0.0473. The van der Waals surface area contributed by atoms with Crippen LogP contribution in [0, 0.1) is 11.8 Å². The van der Waals surface area contributed by atoms with E-state index in [0.717, 1.165) is 42.6 Å². The Hall–Kier alpha value is -3.92. The Labute approximate surface area is 217 Å². The fraction of sp³-hybridized carbons (Fsp3) is 0.273. The van der Waals surface area contributed by atoms with Crippen LogP contribution in [0.15, 0.2) is 91.0 Å². The van der Waals surface area contributed by atoms with Gasteiger partial charge in [-0.05, 0) is 53.0 Å². The summed E-state index contributed by atoms with van der Waals surface area (Å²) in [6.45, 7) is 1.81. The zero-order valence-corrected chi connectivity index (χ0v) is 20.7. The number of carbonyl (C=O) groups is 2. The molecular weight excluding hydrogens is 458 g/mol. The van der Waals surface area contributed by atoms with Gasteiger partial charge in [0, 0.05) is 36.2 Å². The highest BCUT2D eigenvalue weighted by Crippen LogP contribution is 2.53. The molecule has 2 heterocycles. The van der Waals surface area contributed by atoms with Crippen molar-refractivity contribution in [2.45, 2.75) is 24.7 Å². The van der Waals surface area contributed by atoms with Crippen molar-refractivity contribution in [2.75, 3.05) is 24.6 Å². The molecule has 3 aromatic rings. The second-order valence-corrected chi connectivity index (χ2v) is 10.7. The molecule has 184 valence electrons. The van der Waals surface area contributed by atoms with Crippen molar-refractivity contribution in [1.82, 2.24) is 0 Å². The summed E-state index contributed by atoms with van der Waals surface area (Å²) in [6.07, 6.45) is 11.3. The van der Waals surface area contributed by atoms with Crippen LogP contribution in [0.5, 0.6) is 0 Å². The molecule has 0 aromatic heterocycles. The van der Waals surface area contributed by atoms with Gasteiger partial charge < -0.3 is 9.64 Å². The first-order chi connectivity index (χ1) is 18.2. The van der Waals surface area contributed by atoms with E-state index in [1.165, 1.54) is 11.3 Å². The lowest BCUT2D eigenvalue weighted by Gasteiger charge is -2.46. The SMILES string of the molecule is O=C(COC(=O)c1ccc2c3c1[C@@H]1C=CC[C@@H]1CN3C[C@H]1CC=C[C@H]21)c1ccc(-c2ccccc2)cc1. The molecule has 37 heavy (non-hydrogen) atoms. The summed E-state index contributed by atoms with van der Waals surface area (Å²) in [5.74, 6) is 1.17. The predicted octanol–water partition coefficient (Wildman–Crippen LogP) is 6.55. The second kappa shape index (κ2) is 8.88. The van der Waals surface area contributed by atoms with Crippen LogP contribution >= 0.6 is 0 Å². The number of hydrogen-bond acceptors (Lipinski definition) is 4. The Kier molecular flexibility index (Phi) is 5.35. The van der Waals surface area contributed by atoms with Gasteiger partial charge in [0.1, 0.15) is 0 Å². The molecule has 0 saturated heterocycles. The number of esters is 1. The van der Waals surface area contributed by atoms with Crippen LogP contribution in [0.4, 0.5) is 5.69 Å². The maximum absolute atomic E-state index is 13.4. The van der Waals surface area contributed by atoms with Gasteiger partial charge in [-0.25, -0.2) is 4.79 Å². The standard InChI is InChI=1S/C33H29NO3/c35-30(23-14-12-22(13-15-23)21-6-2-1-3-7-21)20-37-33(36)29-17-16-28-26-10-4-8-24(26)18-34-19-25-9-5-11-27(25)31(29)32(28)34/h1-7,10-17,24-27H,8-9,18-20H2/t24-,25-,26+,27-/m1/s1. The van der Waals surface area contributed by atoms with Gasteiger partial charge in [-0.1, -0.05) is 85.0 Å². The fourth-order valence-electron chi connectivity index (χ4n) is 6.83. The average Bonchev–Trinajstić information content (AvgIpc) is 3.62. The second-order valence-electron chi connectivity index (χ2n) is 10.7. The molecule has 0 bridgehead atoms. The fourth-order valence-corrected chi connectivity index (χ4v) is 6.83. The van der Waals surface area contributed by atoms with Gasteiger partial charge in [-0.15, -0.1) is 0 Å². The number of anilines is 1. The highest BCUT2D eigenvalue weighted by molar-refractivity contribution is 6.00. The molecule has 0 saturated carbocycles. The minimum atomic E-state index is -0.406. The van der Waals surface area contributed by atoms with E-state index < -0.39 is 5.97 Å². The third-order valence-corrected chi connectivity index (χ3v) is 8.62. The van der Waals surface area contributed by atoms with Gasteiger partial charge in [0.15, 0.2) is 12.4 Å². The first-order valence-corrected chi connectivity index (χ1v) is 13.3. The average molecular weight is 488 g/mol. The van der Waals surface area contributed by atoms with Crippen LogP contribution in [0.1, 0.15) is 56.5 Å². The number of ketones is 1. The van der Waals surface area contributed by atoms with Crippen LogP contribution in [0.3, 0.4) is 0 Å². The van der Waals surface area contributed by atoms with Crippen LogP contribution in [0.2, 0.25) is 0 Å². The molecule has 0 amide bonds. The largest absolute Gasteiger partial charge is 0.454 e. The predicted molar refractivity (Wildman–Crippen MR) is 145 cm³/mol. The van der Waals surface area contributed by atoms with Crippen molar-refractivity contribution in [3.63, 3.8) is 0 Å². The van der Waals surface area contributed by atoms with Crippen molar-refractivity contribution < 1.29 is 14.3 Å². The van der Waals surface area contributed by atoms with E-state index in [-0.39, 0.29) is 18.3 Å². The molecule has 2 aliphatic carbocycles. The van der Waals surface area contributed by atoms with Crippen LogP contribution in [0.25, 0.3) is 11.1 Å². The summed E-state index contributed by atoms with van der Waals surface area (Å²) in [7, 11) is 0. The highest BCUT2D eigenvalue weighted by Gasteiger charge is 2.44. The van der Waals surface area contributed by atoms with Gasteiger partial charge >= 0.3 is 5.97 Å². The first-order valence-electron chi connectivity index (χ1n) is 13.3. The smallest absolute Gasteiger partial charge is 0.338 e. The Bertz CT molecular complexity index is 1430. The molecule has 4 nitrogen and oxygen atoms in total. The van der Waals surface area contributed by atoms with E-state index in [4.69, 9.17) is 4.74 Å². The van der Waals surface area contributed by atoms with E-state index in [0.29, 0.717) is 28.9 Å². The zero-order chi connectivity index (χ0) is 24.9. The zero-order valence-electron chi connectivity index (χ0n) is 20.7. The summed E-state index contributed by atoms with van der Waals surface area (Å²) < 4.78 is 5.64. The molecule has 0 N–H and O–H groups in total. The Morgan fingerprint density at radius 1 is 0.784 bits per heavy atom. The van der Waals surface area contributed by atoms with Gasteiger partial charge in [0.2, 0.25) is 0 Å². The topological polar surface area (TPSA) is 46.6 Å². The molecule has 4 heteroatoms. The molecule has 2 aliphatic heterocycles.